The topological polar surface area (TPSA) is 97.4 Å². The normalized spacial score (nSPS) is 21.9. The monoisotopic (exact) mass is 303 g/mol. The Balaban J connectivity index is 1.75. The summed E-state index contributed by atoms with van der Waals surface area (Å²) in [6.07, 6.45) is 5.65. The lowest BCUT2D eigenvalue weighted by atomic mass is 9.75. The third kappa shape index (κ3) is 2.80. The first-order valence-electron chi connectivity index (χ1n) is 7.10. The van der Waals surface area contributed by atoms with Crippen molar-refractivity contribution in [3.63, 3.8) is 0 Å². The molecule has 2 aromatic heterocycles. The maximum Gasteiger partial charge on any atom is 0.296 e. The molecule has 0 aromatic carbocycles. The lowest BCUT2D eigenvalue weighted by molar-refractivity contribution is -0.119. The smallest absolute Gasteiger partial charge is 0.296 e. The third-order valence-corrected chi connectivity index (χ3v) is 3.94. The highest BCUT2D eigenvalue weighted by atomic mass is 16.3. The highest BCUT2D eigenvalue weighted by molar-refractivity contribution is 6.42. The van der Waals surface area contributed by atoms with E-state index in [-0.39, 0.29) is 23.8 Å². The first-order valence-corrected chi connectivity index (χ1v) is 7.10. The van der Waals surface area contributed by atoms with Crippen LogP contribution in [0.25, 0.3) is 0 Å². The van der Waals surface area contributed by atoms with Crippen LogP contribution in [0.5, 0.6) is 0 Å². The highest BCUT2D eigenvalue weighted by Crippen LogP contribution is 2.37. The number of aromatic nitrogens is 2. The molecule has 2 aromatic rings. The number of hydrogen-bond donors (Lipinski definition) is 2. The van der Waals surface area contributed by atoms with Crippen LogP contribution in [0.2, 0.25) is 0 Å². The Bertz CT molecular complexity index is 671. The van der Waals surface area contributed by atoms with E-state index < -0.39 is 11.7 Å². The van der Waals surface area contributed by atoms with Gasteiger partial charge >= 0.3 is 0 Å². The Labute approximate surface area is 126 Å². The summed E-state index contributed by atoms with van der Waals surface area (Å²) in [5, 5.41) is 16.3. The number of carbonyl (C=O) groups excluding carboxylic acids is 2. The van der Waals surface area contributed by atoms with Gasteiger partial charge < -0.3 is 14.8 Å². The van der Waals surface area contributed by atoms with Crippen LogP contribution in [-0.2, 0) is 11.8 Å². The molecule has 2 heterocycles. The van der Waals surface area contributed by atoms with E-state index in [2.05, 4.69) is 10.4 Å². The van der Waals surface area contributed by atoms with Gasteiger partial charge in [-0.2, -0.15) is 5.10 Å². The molecule has 0 aliphatic heterocycles. The largest absolute Gasteiger partial charge is 0.461 e. The molecule has 0 saturated heterocycles. The van der Waals surface area contributed by atoms with Crippen molar-refractivity contribution < 1.29 is 19.1 Å². The van der Waals surface area contributed by atoms with Crippen molar-refractivity contribution in [2.24, 2.45) is 13.0 Å². The standard InChI is InChI=1S/C15H17N3O4/c1-18-8-10(7-16-18)13(9-5-11(19)6-9)17-15(21)14(20)12-3-2-4-22-12/h2-4,7-9,11,13,19H,5-6H2,1H3,(H,17,21). The van der Waals surface area contributed by atoms with E-state index in [9.17, 15) is 14.7 Å². The number of carbonyl (C=O) groups is 2. The fourth-order valence-electron chi connectivity index (χ4n) is 2.70. The molecule has 1 unspecified atom stereocenters. The molecule has 0 bridgehead atoms. The maximum atomic E-state index is 12.1. The van der Waals surface area contributed by atoms with Crippen LogP contribution in [0.15, 0.2) is 35.2 Å². The predicted octanol–water partition coefficient (Wildman–Crippen LogP) is 0.824. The molecule has 1 atom stereocenters. The van der Waals surface area contributed by atoms with Crippen molar-refractivity contribution in [1.29, 1.82) is 0 Å². The first-order chi connectivity index (χ1) is 10.5. The Morgan fingerprint density at radius 1 is 1.50 bits per heavy atom. The van der Waals surface area contributed by atoms with E-state index in [1.54, 1.807) is 30.2 Å². The number of amides is 1. The zero-order valence-corrected chi connectivity index (χ0v) is 12.1. The summed E-state index contributed by atoms with van der Waals surface area (Å²) >= 11 is 0. The van der Waals surface area contributed by atoms with Crippen LogP contribution < -0.4 is 5.32 Å². The average Bonchev–Trinajstić information content (AvgIpc) is 3.12. The Morgan fingerprint density at radius 3 is 2.82 bits per heavy atom. The van der Waals surface area contributed by atoms with Gasteiger partial charge in [-0.1, -0.05) is 0 Å². The molecule has 2 N–H and O–H groups in total. The number of furan rings is 1. The molecule has 7 nitrogen and oxygen atoms in total. The number of rotatable bonds is 5. The number of ketones is 1. The fourth-order valence-corrected chi connectivity index (χ4v) is 2.70. The molecule has 1 fully saturated rings. The van der Waals surface area contributed by atoms with E-state index in [0.717, 1.165) is 5.56 Å². The number of aliphatic hydroxyl groups excluding tert-OH is 1. The van der Waals surface area contributed by atoms with Crippen molar-refractivity contribution in [2.45, 2.75) is 25.0 Å². The Hall–Kier alpha value is -2.41. The molecule has 7 heteroatoms. The number of hydrogen-bond acceptors (Lipinski definition) is 5. The summed E-state index contributed by atoms with van der Waals surface area (Å²) in [4.78, 5) is 24.1. The lowest BCUT2D eigenvalue weighted by Crippen LogP contribution is -2.43. The second-order valence-corrected chi connectivity index (χ2v) is 5.59. The van der Waals surface area contributed by atoms with Crippen molar-refractivity contribution in [2.75, 3.05) is 0 Å². The minimum Gasteiger partial charge on any atom is -0.461 e. The number of nitrogens with zero attached hydrogens (tertiary/aromatic N) is 2. The summed E-state index contributed by atoms with van der Waals surface area (Å²) in [6, 6.07) is 2.67. The van der Waals surface area contributed by atoms with Crippen molar-refractivity contribution in [3.8, 4) is 0 Å². The van der Waals surface area contributed by atoms with Gasteiger partial charge in [0.25, 0.3) is 11.7 Å². The first kappa shape index (κ1) is 14.5. The second-order valence-electron chi connectivity index (χ2n) is 5.59. The SMILES string of the molecule is Cn1cc(C(NC(=O)C(=O)c2ccco2)C2CC(O)C2)cn1. The van der Waals surface area contributed by atoms with Gasteiger partial charge in [-0.3, -0.25) is 14.3 Å². The van der Waals surface area contributed by atoms with E-state index >= 15 is 0 Å². The number of aryl methyl sites for hydroxylation is 1. The van der Waals surface area contributed by atoms with Crippen LogP contribution in [0.4, 0.5) is 0 Å². The summed E-state index contributed by atoms with van der Waals surface area (Å²) in [5.41, 5.74) is 0.819. The van der Waals surface area contributed by atoms with E-state index in [0.29, 0.717) is 12.8 Å². The minimum atomic E-state index is -0.717. The molecule has 1 amide bonds. The lowest BCUT2D eigenvalue weighted by Gasteiger charge is -2.37. The van der Waals surface area contributed by atoms with Gasteiger partial charge in [-0.05, 0) is 30.9 Å². The van der Waals surface area contributed by atoms with Gasteiger partial charge in [0, 0.05) is 18.8 Å². The second kappa shape index (κ2) is 5.76. The van der Waals surface area contributed by atoms with Crippen molar-refractivity contribution >= 4 is 11.7 Å². The molecule has 22 heavy (non-hydrogen) atoms. The number of Topliss-reactive ketones (excluding diaryl/α,β-unsaturated/α-hetero) is 1. The molecule has 0 radical (unpaired) electrons. The Kier molecular flexibility index (Phi) is 3.81. The summed E-state index contributed by atoms with van der Waals surface area (Å²) in [7, 11) is 1.78. The zero-order valence-electron chi connectivity index (χ0n) is 12.1. The summed E-state index contributed by atoms with van der Waals surface area (Å²) in [6.45, 7) is 0. The molecule has 1 aliphatic carbocycles. The average molecular weight is 303 g/mol. The van der Waals surface area contributed by atoms with Crippen molar-refractivity contribution in [1.82, 2.24) is 15.1 Å². The molecular weight excluding hydrogens is 286 g/mol. The molecular formula is C15H17N3O4. The Morgan fingerprint density at radius 2 is 2.27 bits per heavy atom. The van der Waals surface area contributed by atoms with Gasteiger partial charge in [-0.15, -0.1) is 0 Å². The van der Waals surface area contributed by atoms with Crippen LogP contribution in [-0.4, -0.2) is 32.7 Å². The molecule has 116 valence electrons. The molecule has 3 rings (SSSR count). The van der Waals surface area contributed by atoms with Gasteiger partial charge in [-0.25, -0.2) is 0 Å². The van der Waals surface area contributed by atoms with Crippen molar-refractivity contribution in [3.05, 3.63) is 42.1 Å². The van der Waals surface area contributed by atoms with Gasteiger partial charge in [0.2, 0.25) is 0 Å². The van der Waals surface area contributed by atoms with Crippen LogP contribution >= 0.6 is 0 Å². The van der Waals surface area contributed by atoms with Gasteiger partial charge in [0.05, 0.1) is 24.6 Å². The third-order valence-electron chi connectivity index (χ3n) is 3.94. The molecule has 0 spiro atoms. The summed E-state index contributed by atoms with van der Waals surface area (Å²) < 4.78 is 6.60. The van der Waals surface area contributed by atoms with Gasteiger partial charge in [0.1, 0.15) is 0 Å². The molecule has 1 saturated carbocycles. The number of aliphatic hydroxyl groups is 1. The van der Waals surface area contributed by atoms with E-state index in [1.807, 2.05) is 0 Å². The zero-order chi connectivity index (χ0) is 15.7. The molecule has 1 aliphatic rings. The highest BCUT2D eigenvalue weighted by Gasteiger charge is 2.37. The maximum absolute atomic E-state index is 12.1. The quantitative estimate of drug-likeness (QED) is 0.629. The fraction of sp³-hybridized carbons (Fsp3) is 0.400. The van der Waals surface area contributed by atoms with E-state index in [1.165, 1.54) is 12.3 Å². The number of nitrogens with one attached hydrogen (secondary N) is 1. The van der Waals surface area contributed by atoms with Crippen LogP contribution in [0, 0.1) is 5.92 Å². The predicted molar refractivity (Wildman–Crippen MR) is 75.9 cm³/mol. The van der Waals surface area contributed by atoms with Gasteiger partial charge in [0.15, 0.2) is 5.76 Å². The van der Waals surface area contributed by atoms with Crippen LogP contribution in [0.1, 0.15) is 35.0 Å². The van der Waals surface area contributed by atoms with E-state index in [4.69, 9.17) is 4.42 Å². The van der Waals surface area contributed by atoms with Crippen LogP contribution in [0.3, 0.4) is 0 Å². The summed E-state index contributed by atoms with van der Waals surface area (Å²) in [5.74, 6) is -1.33. The minimum absolute atomic E-state index is 0.0103.